The standard InChI is InChI=1S/C16H18N6OS/c1-10-7-13(23)21-16(19-10)22-5-2-3-11(8-22)20-15-14-12(4-6-24-14)17-9-18-15/h4,6-7,9,11H,2-3,5,8H2,1H3,(H,17,18,20)(H,19,21,23). The Morgan fingerprint density at radius 1 is 1.42 bits per heavy atom. The predicted molar refractivity (Wildman–Crippen MR) is 95.9 cm³/mol. The van der Waals surface area contributed by atoms with Gasteiger partial charge in [-0.1, -0.05) is 0 Å². The molecule has 3 aromatic rings. The van der Waals surface area contributed by atoms with Gasteiger partial charge in [0.15, 0.2) is 0 Å². The molecule has 0 radical (unpaired) electrons. The molecule has 0 aliphatic carbocycles. The maximum absolute atomic E-state index is 11.7. The zero-order valence-corrected chi connectivity index (χ0v) is 14.1. The van der Waals surface area contributed by atoms with Gasteiger partial charge >= 0.3 is 0 Å². The molecule has 1 unspecified atom stereocenters. The molecule has 1 fully saturated rings. The first-order chi connectivity index (χ1) is 11.7. The molecule has 1 atom stereocenters. The Hall–Kier alpha value is -2.48. The number of thiophene rings is 1. The van der Waals surface area contributed by atoms with Gasteiger partial charge in [-0.15, -0.1) is 11.3 Å². The van der Waals surface area contributed by atoms with Gasteiger partial charge in [-0.05, 0) is 31.2 Å². The van der Waals surface area contributed by atoms with Crippen LogP contribution in [0.25, 0.3) is 10.2 Å². The summed E-state index contributed by atoms with van der Waals surface area (Å²) in [6, 6.07) is 3.77. The summed E-state index contributed by atoms with van der Waals surface area (Å²) in [7, 11) is 0. The lowest BCUT2D eigenvalue weighted by Gasteiger charge is -2.33. The van der Waals surface area contributed by atoms with Gasteiger partial charge in [-0.3, -0.25) is 9.78 Å². The SMILES string of the molecule is Cc1cc(=O)[nH]c(N2CCCC(Nc3ncnc4ccsc34)C2)n1. The number of aromatic amines is 1. The second-order valence-electron chi connectivity index (χ2n) is 6.00. The van der Waals surface area contributed by atoms with E-state index in [-0.39, 0.29) is 11.6 Å². The van der Waals surface area contributed by atoms with Gasteiger partial charge in [0.25, 0.3) is 5.56 Å². The van der Waals surface area contributed by atoms with Crippen molar-refractivity contribution in [1.82, 2.24) is 19.9 Å². The largest absolute Gasteiger partial charge is 0.364 e. The molecule has 3 aromatic heterocycles. The number of aryl methyl sites for hydroxylation is 1. The fourth-order valence-corrected chi connectivity index (χ4v) is 3.88. The average Bonchev–Trinajstić information content (AvgIpc) is 3.04. The molecule has 4 rings (SSSR count). The third-order valence-corrected chi connectivity index (χ3v) is 5.07. The third-order valence-electron chi connectivity index (χ3n) is 4.16. The first-order valence-electron chi connectivity index (χ1n) is 7.97. The second kappa shape index (κ2) is 6.20. The van der Waals surface area contributed by atoms with Crippen molar-refractivity contribution >= 4 is 33.3 Å². The van der Waals surface area contributed by atoms with E-state index in [1.807, 2.05) is 18.4 Å². The minimum atomic E-state index is -0.108. The molecule has 7 nitrogen and oxygen atoms in total. The average molecular weight is 342 g/mol. The molecular weight excluding hydrogens is 324 g/mol. The predicted octanol–water partition coefficient (Wildman–Crippen LogP) is 2.16. The van der Waals surface area contributed by atoms with Crippen LogP contribution in [-0.4, -0.2) is 39.1 Å². The van der Waals surface area contributed by atoms with Gasteiger partial charge in [-0.2, -0.15) is 0 Å². The molecule has 0 saturated carbocycles. The van der Waals surface area contributed by atoms with Crippen LogP contribution < -0.4 is 15.8 Å². The van der Waals surface area contributed by atoms with E-state index < -0.39 is 0 Å². The van der Waals surface area contributed by atoms with Crippen molar-refractivity contribution < 1.29 is 0 Å². The number of rotatable bonds is 3. The number of nitrogens with one attached hydrogen (secondary N) is 2. The zero-order chi connectivity index (χ0) is 16.5. The minimum absolute atomic E-state index is 0.108. The van der Waals surface area contributed by atoms with Crippen molar-refractivity contribution in [1.29, 1.82) is 0 Å². The van der Waals surface area contributed by atoms with E-state index in [2.05, 4.69) is 30.2 Å². The van der Waals surface area contributed by atoms with E-state index in [9.17, 15) is 4.79 Å². The molecule has 1 aliphatic heterocycles. The maximum atomic E-state index is 11.7. The Morgan fingerprint density at radius 2 is 2.33 bits per heavy atom. The minimum Gasteiger partial charge on any atom is -0.364 e. The molecular formula is C16H18N6OS. The molecule has 4 heterocycles. The molecule has 1 saturated heterocycles. The Morgan fingerprint density at radius 3 is 3.21 bits per heavy atom. The van der Waals surface area contributed by atoms with Crippen LogP contribution in [0.2, 0.25) is 0 Å². The number of nitrogens with zero attached hydrogens (tertiary/aromatic N) is 4. The van der Waals surface area contributed by atoms with Gasteiger partial charge in [0.1, 0.15) is 12.1 Å². The van der Waals surface area contributed by atoms with Crippen LogP contribution in [0, 0.1) is 6.92 Å². The Labute approximate surface area is 142 Å². The lowest BCUT2D eigenvalue weighted by atomic mass is 10.1. The van der Waals surface area contributed by atoms with Gasteiger partial charge < -0.3 is 10.2 Å². The molecule has 1 aliphatic rings. The van der Waals surface area contributed by atoms with Gasteiger partial charge in [0.2, 0.25) is 5.95 Å². The highest BCUT2D eigenvalue weighted by Gasteiger charge is 2.22. The molecule has 2 N–H and O–H groups in total. The Bertz CT molecular complexity index is 920. The van der Waals surface area contributed by atoms with E-state index in [4.69, 9.17) is 0 Å². The van der Waals surface area contributed by atoms with Crippen LogP contribution in [0.3, 0.4) is 0 Å². The summed E-state index contributed by atoms with van der Waals surface area (Å²) >= 11 is 1.64. The van der Waals surface area contributed by atoms with Gasteiger partial charge in [0, 0.05) is 30.9 Å². The summed E-state index contributed by atoms with van der Waals surface area (Å²) in [4.78, 5) is 29.8. The lowest BCUT2D eigenvalue weighted by Crippen LogP contribution is -2.43. The number of hydrogen-bond donors (Lipinski definition) is 2. The number of anilines is 2. The fourth-order valence-electron chi connectivity index (χ4n) is 3.09. The summed E-state index contributed by atoms with van der Waals surface area (Å²) in [5.41, 5.74) is 1.60. The number of H-pyrrole nitrogens is 1. The van der Waals surface area contributed by atoms with Crippen LogP contribution in [0.1, 0.15) is 18.5 Å². The molecule has 24 heavy (non-hydrogen) atoms. The van der Waals surface area contributed by atoms with Crippen molar-refractivity contribution in [3.63, 3.8) is 0 Å². The van der Waals surface area contributed by atoms with Crippen LogP contribution >= 0.6 is 11.3 Å². The van der Waals surface area contributed by atoms with E-state index in [1.54, 1.807) is 17.7 Å². The highest BCUT2D eigenvalue weighted by atomic mass is 32.1. The zero-order valence-electron chi connectivity index (χ0n) is 13.3. The first kappa shape index (κ1) is 15.1. The fraction of sp³-hybridized carbons (Fsp3) is 0.375. The highest BCUT2D eigenvalue weighted by molar-refractivity contribution is 7.17. The smallest absolute Gasteiger partial charge is 0.252 e. The van der Waals surface area contributed by atoms with Gasteiger partial charge in [-0.25, -0.2) is 15.0 Å². The quantitative estimate of drug-likeness (QED) is 0.758. The van der Waals surface area contributed by atoms with E-state index in [0.29, 0.717) is 5.95 Å². The summed E-state index contributed by atoms with van der Waals surface area (Å²) in [6.07, 6.45) is 3.69. The molecule has 0 bridgehead atoms. The highest BCUT2D eigenvalue weighted by Crippen LogP contribution is 2.27. The number of hydrogen-bond acceptors (Lipinski definition) is 7. The first-order valence-corrected chi connectivity index (χ1v) is 8.85. The lowest BCUT2D eigenvalue weighted by molar-refractivity contribution is 0.521. The molecule has 124 valence electrons. The summed E-state index contributed by atoms with van der Waals surface area (Å²) in [5, 5.41) is 5.56. The van der Waals surface area contributed by atoms with Crippen LogP contribution in [-0.2, 0) is 0 Å². The second-order valence-corrected chi connectivity index (χ2v) is 6.91. The van der Waals surface area contributed by atoms with Crippen molar-refractivity contribution in [3.8, 4) is 0 Å². The van der Waals surface area contributed by atoms with Crippen LogP contribution in [0.5, 0.6) is 0 Å². The Kier molecular flexibility index (Phi) is 3.89. The van der Waals surface area contributed by atoms with E-state index in [0.717, 1.165) is 47.7 Å². The molecule has 0 amide bonds. The van der Waals surface area contributed by atoms with Gasteiger partial charge in [0.05, 0.1) is 10.2 Å². The normalized spacial score (nSPS) is 18.0. The third kappa shape index (κ3) is 2.96. The summed E-state index contributed by atoms with van der Waals surface area (Å²) < 4.78 is 1.08. The number of fused-ring (bicyclic) bond motifs is 1. The van der Waals surface area contributed by atoms with Crippen LogP contribution in [0.4, 0.5) is 11.8 Å². The van der Waals surface area contributed by atoms with Crippen LogP contribution in [0.15, 0.2) is 28.6 Å². The number of piperidine rings is 1. The monoisotopic (exact) mass is 342 g/mol. The van der Waals surface area contributed by atoms with Crippen molar-refractivity contribution in [2.24, 2.45) is 0 Å². The Balaban J connectivity index is 1.54. The molecule has 0 spiro atoms. The van der Waals surface area contributed by atoms with E-state index in [1.165, 1.54) is 6.07 Å². The maximum Gasteiger partial charge on any atom is 0.252 e. The van der Waals surface area contributed by atoms with Crippen molar-refractivity contribution in [3.05, 3.63) is 39.9 Å². The van der Waals surface area contributed by atoms with Crippen molar-refractivity contribution in [2.75, 3.05) is 23.3 Å². The van der Waals surface area contributed by atoms with E-state index >= 15 is 0 Å². The molecule has 8 heteroatoms. The summed E-state index contributed by atoms with van der Waals surface area (Å²) in [6.45, 7) is 3.51. The number of aromatic nitrogens is 4. The molecule has 0 aromatic carbocycles. The summed E-state index contributed by atoms with van der Waals surface area (Å²) in [5.74, 6) is 1.53. The topological polar surface area (TPSA) is 86.8 Å². The van der Waals surface area contributed by atoms with Crippen molar-refractivity contribution in [2.45, 2.75) is 25.8 Å².